The van der Waals surface area contributed by atoms with Crippen molar-refractivity contribution in [3.63, 3.8) is 0 Å². The van der Waals surface area contributed by atoms with Gasteiger partial charge in [0.25, 0.3) is 0 Å². The van der Waals surface area contributed by atoms with Crippen molar-refractivity contribution in [2.45, 2.75) is 26.3 Å². The third-order valence-electron chi connectivity index (χ3n) is 3.26. The zero-order valence-corrected chi connectivity index (χ0v) is 12.5. The fraction of sp³-hybridized carbons (Fsp3) is 0.294. The molecule has 0 heterocycles. The maximum Gasteiger partial charge on any atom is 0.129 e. The summed E-state index contributed by atoms with van der Waals surface area (Å²) in [6, 6.07) is 12.1. The molecule has 1 atom stereocenters. The third kappa shape index (κ3) is 3.38. The summed E-state index contributed by atoms with van der Waals surface area (Å²) in [4.78, 5) is 0. The van der Waals surface area contributed by atoms with Gasteiger partial charge in [0.2, 0.25) is 0 Å². The molecule has 0 aliphatic rings. The molecular formula is C17H19ClFN. The van der Waals surface area contributed by atoms with Crippen LogP contribution in [0.15, 0.2) is 42.5 Å². The van der Waals surface area contributed by atoms with Crippen LogP contribution in [0.5, 0.6) is 0 Å². The quantitative estimate of drug-likeness (QED) is 0.866. The Morgan fingerprint density at radius 1 is 1.15 bits per heavy atom. The molecule has 0 bridgehead atoms. The van der Waals surface area contributed by atoms with E-state index in [-0.39, 0.29) is 5.82 Å². The number of nitrogens with two attached hydrogens (primary N) is 1. The maximum absolute atomic E-state index is 13.9. The van der Waals surface area contributed by atoms with Gasteiger partial charge in [-0.2, -0.15) is 0 Å². The predicted octanol–water partition coefficient (Wildman–Crippen LogP) is 4.73. The second kappa shape index (κ2) is 6.38. The molecule has 2 aromatic carbocycles. The Balaban J connectivity index is 2.36. The van der Waals surface area contributed by atoms with E-state index in [9.17, 15) is 4.39 Å². The smallest absolute Gasteiger partial charge is 0.129 e. The predicted molar refractivity (Wildman–Crippen MR) is 82.4 cm³/mol. The third-order valence-corrected chi connectivity index (χ3v) is 3.59. The van der Waals surface area contributed by atoms with Gasteiger partial charge in [-0.3, -0.25) is 0 Å². The van der Waals surface area contributed by atoms with E-state index in [0.29, 0.717) is 16.5 Å². The summed E-state index contributed by atoms with van der Waals surface area (Å²) in [5.41, 5.74) is 8.64. The maximum atomic E-state index is 13.9. The molecule has 0 aromatic heterocycles. The van der Waals surface area contributed by atoms with Crippen LogP contribution in [-0.2, 0) is 6.42 Å². The molecule has 0 aliphatic carbocycles. The van der Waals surface area contributed by atoms with Crippen LogP contribution in [0.1, 0.15) is 36.6 Å². The lowest BCUT2D eigenvalue weighted by atomic mass is 9.95. The van der Waals surface area contributed by atoms with Gasteiger partial charge in [0.05, 0.1) is 6.04 Å². The molecule has 2 aromatic rings. The minimum absolute atomic E-state index is 0.357. The molecule has 0 radical (unpaired) electrons. The molecule has 0 amide bonds. The molecule has 0 fully saturated rings. The molecule has 0 spiro atoms. The minimum atomic E-state index is -0.546. The van der Waals surface area contributed by atoms with Crippen LogP contribution in [0.25, 0.3) is 0 Å². The molecule has 0 saturated heterocycles. The van der Waals surface area contributed by atoms with Crippen molar-refractivity contribution in [1.29, 1.82) is 0 Å². The summed E-state index contributed by atoms with van der Waals surface area (Å²) in [7, 11) is 0. The first kappa shape index (κ1) is 15.0. The summed E-state index contributed by atoms with van der Waals surface area (Å²) >= 11 is 6.08. The van der Waals surface area contributed by atoms with Crippen molar-refractivity contribution in [3.05, 3.63) is 70.0 Å². The molecule has 2 rings (SSSR count). The van der Waals surface area contributed by atoms with E-state index in [0.717, 1.165) is 12.0 Å². The second-order valence-electron chi connectivity index (χ2n) is 5.46. The average molecular weight is 292 g/mol. The lowest BCUT2D eigenvalue weighted by Crippen LogP contribution is -2.14. The molecule has 0 aliphatic heterocycles. The van der Waals surface area contributed by atoms with Gasteiger partial charge < -0.3 is 5.73 Å². The highest BCUT2D eigenvalue weighted by molar-refractivity contribution is 6.31. The SMILES string of the molecule is CC(C)Cc1cccc(C(N)c2c(F)cccc2Cl)c1. The molecule has 2 N–H and O–H groups in total. The van der Waals surface area contributed by atoms with Crippen molar-refractivity contribution in [2.24, 2.45) is 11.7 Å². The molecule has 0 saturated carbocycles. The summed E-state index contributed by atoms with van der Waals surface area (Å²) in [6.07, 6.45) is 0.978. The van der Waals surface area contributed by atoms with Crippen molar-refractivity contribution in [2.75, 3.05) is 0 Å². The van der Waals surface area contributed by atoms with Crippen molar-refractivity contribution < 1.29 is 4.39 Å². The van der Waals surface area contributed by atoms with Gasteiger partial charge in [-0.25, -0.2) is 4.39 Å². The Kier molecular flexibility index (Phi) is 4.79. The van der Waals surface area contributed by atoms with Crippen LogP contribution >= 0.6 is 11.6 Å². The minimum Gasteiger partial charge on any atom is -0.320 e. The molecule has 106 valence electrons. The second-order valence-corrected chi connectivity index (χ2v) is 5.86. The monoisotopic (exact) mass is 291 g/mol. The Hall–Kier alpha value is -1.38. The largest absolute Gasteiger partial charge is 0.320 e. The van der Waals surface area contributed by atoms with Crippen LogP contribution < -0.4 is 5.73 Å². The highest BCUT2D eigenvalue weighted by Crippen LogP contribution is 2.29. The van der Waals surface area contributed by atoms with E-state index in [4.69, 9.17) is 17.3 Å². The number of benzene rings is 2. The number of hydrogen-bond donors (Lipinski definition) is 1. The van der Waals surface area contributed by atoms with Gasteiger partial charge in [0.1, 0.15) is 5.82 Å². The Labute approximate surface area is 124 Å². The summed E-state index contributed by atoms with van der Waals surface area (Å²) < 4.78 is 13.9. The summed E-state index contributed by atoms with van der Waals surface area (Å²) in [5.74, 6) is 0.206. The van der Waals surface area contributed by atoms with E-state index < -0.39 is 6.04 Å². The summed E-state index contributed by atoms with van der Waals surface area (Å²) in [6.45, 7) is 4.33. The van der Waals surface area contributed by atoms with Gasteiger partial charge in [-0.05, 0) is 35.6 Å². The van der Waals surface area contributed by atoms with Gasteiger partial charge in [-0.15, -0.1) is 0 Å². The molecule has 3 heteroatoms. The first-order chi connectivity index (χ1) is 9.49. The number of halogens is 2. The zero-order chi connectivity index (χ0) is 14.7. The Bertz CT molecular complexity index is 575. The zero-order valence-electron chi connectivity index (χ0n) is 11.7. The molecule has 1 unspecified atom stereocenters. The van der Waals surface area contributed by atoms with Crippen LogP contribution in [0.2, 0.25) is 5.02 Å². The lowest BCUT2D eigenvalue weighted by molar-refractivity contribution is 0.599. The highest BCUT2D eigenvalue weighted by atomic mass is 35.5. The Morgan fingerprint density at radius 2 is 1.85 bits per heavy atom. The van der Waals surface area contributed by atoms with Crippen molar-refractivity contribution in [1.82, 2.24) is 0 Å². The fourth-order valence-corrected chi connectivity index (χ4v) is 2.64. The van der Waals surface area contributed by atoms with Crippen molar-refractivity contribution >= 4 is 11.6 Å². The van der Waals surface area contributed by atoms with Gasteiger partial charge in [-0.1, -0.05) is 55.8 Å². The molecule has 20 heavy (non-hydrogen) atoms. The van der Waals surface area contributed by atoms with E-state index >= 15 is 0 Å². The van der Waals surface area contributed by atoms with Gasteiger partial charge >= 0.3 is 0 Å². The number of hydrogen-bond acceptors (Lipinski definition) is 1. The standard InChI is InChI=1S/C17H19ClFN/c1-11(2)9-12-5-3-6-13(10-12)17(20)16-14(18)7-4-8-15(16)19/h3-8,10-11,17H,9,20H2,1-2H3. The van der Waals surface area contributed by atoms with Crippen LogP contribution in [0, 0.1) is 11.7 Å². The van der Waals surface area contributed by atoms with E-state index in [1.807, 2.05) is 18.2 Å². The first-order valence-electron chi connectivity index (χ1n) is 6.77. The van der Waals surface area contributed by atoms with E-state index in [2.05, 4.69) is 19.9 Å². The first-order valence-corrected chi connectivity index (χ1v) is 7.15. The molecule has 1 nitrogen and oxygen atoms in total. The van der Waals surface area contributed by atoms with Crippen LogP contribution in [0.4, 0.5) is 4.39 Å². The van der Waals surface area contributed by atoms with E-state index in [1.54, 1.807) is 12.1 Å². The van der Waals surface area contributed by atoms with Crippen LogP contribution in [0.3, 0.4) is 0 Å². The van der Waals surface area contributed by atoms with Crippen LogP contribution in [-0.4, -0.2) is 0 Å². The average Bonchev–Trinajstić information content (AvgIpc) is 2.38. The lowest BCUT2D eigenvalue weighted by Gasteiger charge is -2.16. The summed E-state index contributed by atoms with van der Waals surface area (Å²) in [5, 5.41) is 0.367. The molecular weight excluding hydrogens is 273 g/mol. The fourth-order valence-electron chi connectivity index (χ4n) is 2.36. The number of rotatable bonds is 4. The normalized spacial score (nSPS) is 12.7. The van der Waals surface area contributed by atoms with E-state index in [1.165, 1.54) is 11.6 Å². The van der Waals surface area contributed by atoms with Gasteiger partial charge in [0.15, 0.2) is 0 Å². The van der Waals surface area contributed by atoms with Gasteiger partial charge in [0, 0.05) is 10.6 Å². The highest BCUT2D eigenvalue weighted by Gasteiger charge is 2.17. The van der Waals surface area contributed by atoms with Crippen molar-refractivity contribution in [3.8, 4) is 0 Å². The Morgan fingerprint density at radius 3 is 2.50 bits per heavy atom. The topological polar surface area (TPSA) is 26.0 Å².